The fraction of sp³-hybridized carbons (Fsp3) is 0.367. The number of pyridine rings is 1. The predicted molar refractivity (Wildman–Crippen MR) is 146 cm³/mol. The highest BCUT2D eigenvalue weighted by molar-refractivity contribution is 6.30. The van der Waals surface area contributed by atoms with Crippen molar-refractivity contribution in [2.45, 2.75) is 38.1 Å². The second kappa shape index (κ2) is 10.1. The summed E-state index contributed by atoms with van der Waals surface area (Å²) in [4.78, 5) is 23.6. The number of benzene rings is 2. The molecule has 1 N–H and O–H groups in total. The van der Waals surface area contributed by atoms with Crippen molar-refractivity contribution in [2.24, 2.45) is 11.8 Å². The maximum atomic E-state index is 14.1. The van der Waals surface area contributed by atoms with E-state index < -0.39 is 11.8 Å². The highest BCUT2D eigenvalue weighted by atomic mass is 35.5. The lowest BCUT2D eigenvalue weighted by Crippen LogP contribution is -2.33. The lowest BCUT2D eigenvalue weighted by atomic mass is 10.1. The lowest BCUT2D eigenvalue weighted by molar-refractivity contribution is -0.0591. The minimum absolute atomic E-state index is 0.0889. The average Bonchev–Trinajstić information content (AvgIpc) is 3.23. The van der Waals surface area contributed by atoms with Crippen molar-refractivity contribution in [1.82, 2.24) is 19.4 Å². The van der Waals surface area contributed by atoms with Crippen molar-refractivity contribution in [3.63, 3.8) is 0 Å². The Morgan fingerprint density at radius 1 is 1.12 bits per heavy atom. The third kappa shape index (κ3) is 4.82. The average molecular weight is 563 g/mol. The Morgan fingerprint density at radius 2 is 1.95 bits per heavy atom. The molecule has 2 saturated heterocycles. The molecule has 10 heteroatoms. The van der Waals surface area contributed by atoms with Crippen molar-refractivity contribution in [3.05, 3.63) is 88.1 Å². The van der Waals surface area contributed by atoms with Crippen LogP contribution in [0.2, 0.25) is 5.02 Å². The van der Waals surface area contributed by atoms with Crippen molar-refractivity contribution in [1.29, 1.82) is 0 Å². The molecule has 2 aromatic carbocycles. The molecule has 0 amide bonds. The summed E-state index contributed by atoms with van der Waals surface area (Å²) in [6, 6.07) is 15.5. The second-order valence-electron chi connectivity index (χ2n) is 10.9. The molecule has 40 heavy (non-hydrogen) atoms. The first kappa shape index (κ1) is 25.4. The van der Waals surface area contributed by atoms with Gasteiger partial charge in [-0.1, -0.05) is 23.7 Å². The van der Waals surface area contributed by atoms with Gasteiger partial charge in [-0.25, -0.2) is 19.2 Å². The molecule has 0 spiro atoms. The van der Waals surface area contributed by atoms with Gasteiger partial charge in [0.1, 0.15) is 18.2 Å². The summed E-state index contributed by atoms with van der Waals surface area (Å²) in [5.41, 5.74) is 3.36. The molecule has 206 valence electrons. The van der Waals surface area contributed by atoms with Crippen LogP contribution in [-0.4, -0.2) is 56.3 Å². The SMILES string of the molecule is O=C(O)c1ccc2nc(CN3C[C@@H]4C(c5cccc(OCc6ccc(Cl)cc6F)n5)[C@@H]4C3)n(C[C@@H]3CCO3)c2c1. The lowest BCUT2D eigenvalue weighted by Gasteiger charge is -2.28. The molecule has 4 heterocycles. The summed E-state index contributed by atoms with van der Waals surface area (Å²) >= 11 is 5.84. The van der Waals surface area contributed by atoms with Crippen LogP contribution in [0.5, 0.6) is 5.88 Å². The fourth-order valence-corrected chi connectivity index (χ4v) is 6.29. The molecule has 4 atom stereocenters. The van der Waals surface area contributed by atoms with Crippen molar-refractivity contribution in [3.8, 4) is 5.88 Å². The number of carboxylic acids is 1. The standard InChI is InChI=1S/C30H28ClFN4O4/c31-19-6-4-18(23(32)11-19)16-40-28-3-1-2-25(34-28)29-21-13-35(14-22(21)29)15-27-33-24-7-5-17(30(37)38)10-26(24)36(27)12-20-8-9-39-20/h1-7,10-11,20-22,29H,8-9,12-16H2,(H,37,38)/t20-,21-,22+,29?/m0/s1. The van der Waals surface area contributed by atoms with E-state index in [1.165, 1.54) is 6.07 Å². The summed E-state index contributed by atoms with van der Waals surface area (Å²) in [6.07, 6.45) is 1.13. The van der Waals surface area contributed by atoms with Gasteiger partial charge in [-0.15, -0.1) is 0 Å². The van der Waals surface area contributed by atoms with E-state index in [9.17, 15) is 14.3 Å². The summed E-state index contributed by atoms with van der Waals surface area (Å²) in [5.74, 6) is 1.51. The van der Waals surface area contributed by atoms with Crippen LogP contribution in [0.25, 0.3) is 11.0 Å². The number of likely N-dealkylation sites (tertiary alicyclic amines) is 1. The van der Waals surface area contributed by atoms with Gasteiger partial charge in [0.2, 0.25) is 5.88 Å². The normalized spacial score (nSPS) is 23.6. The summed E-state index contributed by atoms with van der Waals surface area (Å²) < 4.78 is 27.7. The van der Waals surface area contributed by atoms with E-state index in [2.05, 4.69) is 9.47 Å². The minimum Gasteiger partial charge on any atom is -0.478 e. The number of rotatable bonds is 9. The summed E-state index contributed by atoms with van der Waals surface area (Å²) in [7, 11) is 0. The van der Waals surface area contributed by atoms with Gasteiger partial charge in [-0.2, -0.15) is 0 Å². The quantitative estimate of drug-likeness (QED) is 0.302. The Hall–Kier alpha value is -3.53. The van der Waals surface area contributed by atoms with E-state index >= 15 is 0 Å². The molecular weight excluding hydrogens is 535 g/mol. The Balaban J connectivity index is 1.02. The zero-order chi connectivity index (χ0) is 27.4. The number of piperidine rings is 1. The summed E-state index contributed by atoms with van der Waals surface area (Å²) in [6.45, 7) is 4.12. The van der Waals surface area contributed by atoms with E-state index in [-0.39, 0.29) is 18.3 Å². The first-order valence-corrected chi connectivity index (χ1v) is 13.9. The molecule has 2 aromatic heterocycles. The van der Waals surface area contributed by atoms with Crippen LogP contribution in [0, 0.1) is 17.7 Å². The maximum absolute atomic E-state index is 14.1. The first-order valence-electron chi connectivity index (χ1n) is 13.5. The van der Waals surface area contributed by atoms with Crippen LogP contribution < -0.4 is 4.74 Å². The van der Waals surface area contributed by atoms with E-state index in [0.717, 1.165) is 48.7 Å². The first-order chi connectivity index (χ1) is 19.4. The highest BCUT2D eigenvalue weighted by Gasteiger charge is 2.57. The molecule has 3 aliphatic rings. The van der Waals surface area contributed by atoms with E-state index in [1.807, 2.05) is 12.1 Å². The Bertz CT molecular complexity index is 1590. The molecule has 1 aliphatic carbocycles. The fourth-order valence-electron chi connectivity index (χ4n) is 6.13. The number of halogens is 2. The second-order valence-corrected chi connectivity index (χ2v) is 11.3. The number of ether oxygens (including phenoxy) is 2. The molecule has 8 nitrogen and oxygen atoms in total. The Morgan fingerprint density at radius 3 is 2.67 bits per heavy atom. The monoisotopic (exact) mass is 562 g/mol. The number of imidazole rings is 1. The molecular formula is C30H28ClFN4O4. The molecule has 7 rings (SSSR count). The van der Waals surface area contributed by atoms with Crippen LogP contribution in [0.1, 0.15) is 39.8 Å². The van der Waals surface area contributed by atoms with Gasteiger partial charge < -0.3 is 19.1 Å². The van der Waals surface area contributed by atoms with Crippen molar-refractivity contribution < 1.29 is 23.8 Å². The highest BCUT2D eigenvalue weighted by Crippen LogP contribution is 2.58. The van der Waals surface area contributed by atoms with E-state index in [4.69, 9.17) is 31.0 Å². The number of hydrogen-bond donors (Lipinski definition) is 1. The van der Waals surface area contributed by atoms with Gasteiger partial charge in [0.15, 0.2) is 0 Å². The predicted octanol–water partition coefficient (Wildman–Crippen LogP) is 5.14. The number of aromatic nitrogens is 3. The number of fused-ring (bicyclic) bond motifs is 2. The van der Waals surface area contributed by atoms with Gasteiger partial charge in [0.25, 0.3) is 0 Å². The van der Waals surface area contributed by atoms with Crippen molar-refractivity contribution >= 4 is 28.6 Å². The minimum atomic E-state index is -0.943. The van der Waals surface area contributed by atoms with Gasteiger partial charge in [-0.05, 0) is 54.7 Å². The number of hydrogen-bond acceptors (Lipinski definition) is 6. The zero-order valence-electron chi connectivity index (χ0n) is 21.7. The van der Waals surface area contributed by atoms with Gasteiger partial charge >= 0.3 is 5.97 Å². The number of carboxylic acid groups (broad SMARTS) is 1. The van der Waals surface area contributed by atoms with Gasteiger partial charge in [-0.3, -0.25) is 4.90 Å². The number of aromatic carboxylic acids is 1. The van der Waals surface area contributed by atoms with Crippen molar-refractivity contribution in [2.75, 3.05) is 19.7 Å². The van der Waals surface area contributed by atoms with Crippen LogP contribution in [0.3, 0.4) is 0 Å². The molecule has 3 fully saturated rings. The van der Waals surface area contributed by atoms with E-state index in [0.29, 0.717) is 47.3 Å². The maximum Gasteiger partial charge on any atom is 0.335 e. The largest absolute Gasteiger partial charge is 0.478 e. The van der Waals surface area contributed by atoms with Crippen LogP contribution >= 0.6 is 11.6 Å². The topological polar surface area (TPSA) is 89.7 Å². The molecule has 4 aromatic rings. The molecule has 1 unspecified atom stereocenters. The van der Waals surface area contributed by atoms with Crippen LogP contribution in [-0.2, 0) is 24.4 Å². The molecule has 1 saturated carbocycles. The van der Waals surface area contributed by atoms with E-state index in [1.54, 1.807) is 36.4 Å². The Kier molecular flexibility index (Phi) is 6.45. The van der Waals surface area contributed by atoms with Gasteiger partial charge in [0, 0.05) is 48.0 Å². The number of nitrogens with zero attached hydrogens (tertiary/aromatic N) is 4. The smallest absolute Gasteiger partial charge is 0.335 e. The van der Waals surface area contributed by atoms with Crippen LogP contribution in [0.15, 0.2) is 54.6 Å². The summed E-state index contributed by atoms with van der Waals surface area (Å²) in [5, 5.41) is 9.84. The van der Waals surface area contributed by atoms with Gasteiger partial charge in [0.05, 0.1) is 35.8 Å². The molecule has 0 bridgehead atoms. The third-order valence-electron chi connectivity index (χ3n) is 8.37. The number of carbonyl (C=O) groups is 1. The molecule has 0 radical (unpaired) electrons. The Labute approximate surface area is 235 Å². The van der Waals surface area contributed by atoms with Crippen LogP contribution in [0.4, 0.5) is 4.39 Å². The third-order valence-corrected chi connectivity index (χ3v) is 8.60. The molecule has 2 aliphatic heterocycles. The zero-order valence-corrected chi connectivity index (χ0v) is 22.4.